The second-order valence-corrected chi connectivity index (χ2v) is 6.61. The van der Waals surface area contributed by atoms with Gasteiger partial charge in [0.15, 0.2) is 0 Å². The van der Waals surface area contributed by atoms with Crippen LogP contribution < -0.4 is 0 Å². The van der Waals surface area contributed by atoms with Crippen LogP contribution in [0.2, 0.25) is 0 Å². The summed E-state index contributed by atoms with van der Waals surface area (Å²) in [7, 11) is 3.28. The molecule has 0 bridgehead atoms. The van der Waals surface area contributed by atoms with Gasteiger partial charge < -0.3 is 4.48 Å². The molecule has 0 saturated heterocycles. The highest BCUT2D eigenvalue weighted by atomic mass is 32.2. The van der Waals surface area contributed by atoms with Crippen molar-refractivity contribution in [3.05, 3.63) is 0 Å². The van der Waals surface area contributed by atoms with Crippen LogP contribution in [0.4, 0.5) is 0 Å². The van der Waals surface area contributed by atoms with Crippen LogP contribution in [-0.2, 0) is 10.1 Å². The molecule has 1 N–H and O–H groups in total. The van der Waals surface area contributed by atoms with Crippen LogP contribution in [0.25, 0.3) is 0 Å². The van der Waals surface area contributed by atoms with Crippen molar-refractivity contribution in [2.45, 2.75) is 38.1 Å². The molecule has 4 nitrogen and oxygen atoms in total. The van der Waals surface area contributed by atoms with Gasteiger partial charge in [0.1, 0.15) is 0 Å². The van der Waals surface area contributed by atoms with Gasteiger partial charge in [-0.25, -0.2) is 0 Å². The fourth-order valence-electron chi connectivity index (χ4n) is 1.86. The van der Waals surface area contributed by atoms with Gasteiger partial charge in [-0.15, -0.1) is 0 Å². The first-order chi connectivity index (χ1) is 6.61. The van der Waals surface area contributed by atoms with Crippen LogP contribution in [0, 0.1) is 0 Å². The molecule has 1 fully saturated rings. The maximum Gasteiger partial charge on any atom is 0.261 e. The third-order valence-corrected chi connectivity index (χ3v) is 2.67. The zero-order valence-corrected chi connectivity index (χ0v) is 11.0. The van der Waals surface area contributed by atoms with Crippen molar-refractivity contribution in [1.82, 2.24) is 0 Å². The van der Waals surface area contributed by atoms with Gasteiger partial charge in [-0.2, -0.15) is 8.42 Å². The summed E-state index contributed by atoms with van der Waals surface area (Å²) in [4.78, 5) is 0. The molecular weight excluding hydrogens is 214 g/mol. The molecule has 92 valence electrons. The predicted molar refractivity (Wildman–Crippen MR) is 62.4 cm³/mol. The Hall–Kier alpha value is -0.130. The van der Waals surface area contributed by atoms with Crippen LogP contribution >= 0.6 is 0 Å². The van der Waals surface area contributed by atoms with Gasteiger partial charge >= 0.3 is 0 Å². The van der Waals surface area contributed by atoms with Crippen LogP contribution in [0.3, 0.4) is 0 Å². The van der Waals surface area contributed by atoms with Crippen molar-refractivity contribution in [2.24, 2.45) is 0 Å². The number of quaternary nitrogens is 1. The molecule has 1 aliphatic carbocycles. The van der Waals surface area contributed by atoms with Gasteiger partial charge in [-0.05, 0) is 25.7 Å². The molecule has 0 radical (unpaired) electrons. The largest absolute Gasteiger partial charge is 0.328 e. The summed E-state index contributed by atoms with van der Waals surface area (Å²) < 4.78 is 27.0. The van der Waals surface area contributed by atoms with Crippen molar-refractivity contribution < 1.29 is 17.5 Å². The first-order valence-electron chi connectivity index (χ1n) is 5.34. The van der Waals surface area contributed by atoms with E-state index in [-0.39, 0.29) is 0 Å². The van der Waals surface area contributed by atoms with Gasteiger partial charge in [-0.3, -0.25) is 4.55 Å². The number of nitrogens with zero attached hydrogens (tertiary/aromatic N) is 1. The normalized spacial score (nSPS) is 19.3. The van der Waals surface area contributed by atoms with Crippen molar-refractivity contribution >= 4 is 10.1 Å². The molecule has 0 amide bonds. The Kier molecular flexibility index (Phi) is 5.77. The van der Waals surface area contributed by atoms with E-state index in [1.807, 2.05) is 0 Å². The number of hydrogen-bond acceptors (Lipinski definition) is 2. The van der Waals surface area contributed by atoms with Gasteiger partial charge in [0.05, 0.1) is 33.4 Å². The van der Waals surface area contributed by atoms with E-state index in [0.717, 1.165) is 6.04 Å². The topological polar surface area (TPSA) is 54.4 Å². The Balaban J connectivity index is 0.000000336. The molecule has 0 spiro atoms. The highest BCUT2D eigenvalue weighted by Gasteiger charge is 2.24. The van der Waals surface area contributed by atoms with Crippen molar-refractivity contribution in [1.29, 1.82) is 0 Å². The summed E-state index contributed by atoms with van der Waals surface area (Å²) in [6, 6.07) is 0.939. The second kappa shape index (κ2) is 5.82. The lowest BCUT2D eigenvalue weighted by Crippen LogP contribution is -2.45. The van der Waals surface area contributed by atoms with E-state index in [9.17, 15) is 8.42 Å². The maximum atomic E-state index is 9.19. The minimum absolute atomic E-state index is 0.715. The van der Waals surface area contributed by atoms with Crippen LogP contribution in [0.5, 0.6) is 0 Å². The van der Waals surface area contributed by atoms with E-state index in [1.54, 1.807) is 0 Å². The summed E-state index contributed by atoms with van der Waals surface area (Å²) in [6.07, 6.45) is 8.00. The Labute approximate surface area is 93.6 Å². The van der Waals surface area contributed by atoms with E-state index >= 15 is 0 Å². The summed E-state index contributed by atoms with van der Waals surface area (Å²) in [6.45, 7) is 0. The maximum absolute atomic E-state index is 9.19. The molecule has 1 saturated carbocycles. The first kappa shape index (κ1) is 14.9. The quantitative estimate of drug-likeness (QED) is 0.557. The number of rotatable bonds is 1. The van der Waals surface area contributed by atoms with E-state index in [1.165, 1.54) is 36.6 Å². The monoisotopic (exact) mass is 238 g/mol. The highest BCUT2D eigenvalue weighted by Crippen LogP contribution is 2.23. The summed E-state index contributed by atoms with van der Waals surface area (Å²) in [5.74, 6) is 0. The van der Waals surface area contributed by atoms with E-state index in [4.69, 9.17) is 4.55 Å². The smallest absolute Gasteiger partial charge is 0.261 e. The standard InChI is InChI=1S/C9H20N.CH4O3S/c1-10(2,3)9-7-5-4-6-8-9;1-5(2,3)4/h9H,4-8H2,1-3H3;1H3,(H,2,3,4)/q+1;. The van der Waals surface area contributed by atoms with Gasteiger partial charge in [-0.1, -0.05) is 6.42 Å². The Morgan fingerprint density at radius 2 is 1.40 bits per heavy atom. The average Bonchev–Trinajstić information content (AvgIpc) is 2.01. The molecule has 0 aromatic carbocycles. The van der Waals surface area contributed by atoms with Gasteiger partial charge in [0.2, 0.25) is 0 Å². The first-order valence-corrected chi connectivity index (χ1v) is 7.19. The Morgan fingerprint density at radius 1 is 1.07 bits per heavy atom. The number of hydrogen-bond donors (Lipinski definition) is 1. The molecule has 15 heavy (non-hydrogen) atoms. The molecule has 0 unspecified atom stereocenters. The lowest BCUT2D eigenvalue weighted by Gasteiger charge is -2.36. The molecule has 0 aliphatic heterocycles. The molecule has 1 aliphatic rings. The fourth-order valence-corrected chi connectivity index (χ4v) is 1.86. The van der Waals surface area contributed by atoms with Crippen molar-refractivity contribution in [3.8, 4) is 0 Å². The third kappa shape index (κ3) is 10.2. The molecule has 0 heterocycles. The Morgan fingerprint density at radius 3 is 1.60 bits per heavy atom. The Bertz CT molecular complexity index is 253. The minimum atomic E-state index is -3.67. The van der Waals surface area contributed by atoms with E-state index < -0.39 is 10.1 Å². The van der Waals surface area contributed by atoms with Gasteiger partial charge in [0, 0.05) is 0 Å². The SMILES string of the molecule is CS(=O)(=O)O.C[N+](C)(C)C1CCCCC1. The van der Waals surface area contributed by atoms with Crippen LogP contribution in [0.1, 0.15) is 32.1 Å². The lowest BCUT2D eigenvalue weighted by molar-refractivity contribution is -0.897. The van der Waals surface area contributed by atoms with Crippen LogP contribution in [-0.4, -0.2) is 50.9 Å². The molecular formula is C10H24NO3S+. The summed E-state index contributed by atoms with van der Waals surface area (Å²) >= 11 is 0. The third-order valence-electron chi connectivity index (χ3n) is 2.67. The fraction of sp³-hybridized carbons (Fsp3) is 1.00. The summed E-state index contributed by atoms with van der Waals surface area (Å²) in [5, 5.41) is 0. The average molecular weight is 238 g/mol. The van der Waals surface area contributed by atoms with Gasteiger partial charge in [0.25, 0.3) is 10.1 Å². The molecule has 0 atom stereocenters. The predicted octanol–water partition coefficient (Wildman–Crippen LogP) is 1.53. The molecule has 0 aromatic heterocycles. The zero-order valence-electron chi connectivity index (χ0n) is 10.2. The zero-order chi connectivity index (χ0) is 12.1. The molecule has 5 heteroatoms. The highest BCUT2D eigenvalue weighted by molar-refractivity contribution is 7.85. The van der Waals surface area contributed by atoms with Crippen molar-refractivity contribution in [3.63, 3.8) is 0 Å². The summed E-state index contributed by atoms with van der Waals surface area (Å²) in [5.41, 5.74) is 0. The minimum Gasteiger partial charge on any atom is -0.328 e. The molecule has 1 rings (SSSR count). The van der Waals surface area contributed by atoms with Crippen molar-refractivity contribution in [2.75, 3.05) is 27.4 Å². The lowest BCUT2D eigenvalue weighted by atomic mass is 9.94. The van der Waals surface area contributed by atoms with E-state index in [0.29, 0.717) is 6.26 Å². The molecule has 0 aromatic rings. The second-order valence-electron chi connectivity index (χ2n) is 5.14. The van der Waals surface area contributed by atoms with E-state index in [2.05, 4.69) is 21.1 Å². The van der Waals surface area contributed by atoms with Crippen LogP contribution in [0.15, 0.2) is 0 Å².